The van der Waals surface area contributed by atoms with Gasteiger partial charge in [0.25, 0.3) is 0 Å². The maximum absolute atomic E-state index is 12.5. The van der Waals surface area contributed by atoms with E-state index in [0.717, 1.165) is 37.4 Å². The normalized spacial score (nSPS) is 22.5. The van der Waals surface area contributed by atoms with Gasteiger partial charge < -0.3 is 14.7 Å². The summed E-state index contributed by atoms with van der Waals surface area (Å²) in [4.78, 5) is 16.5. The first kappa shape index (κ1) is 24.1. The molecule has 2 aliphatic rings. The number of ether oxygens (including phenoxy) is 1. The Morgan fingerprint density at radius 2 is 1.90 bits per heavy atom. The fourth-order valence-corrected chi connectivity index (χ4v) is 4.60. The SMILES string of the molecule is CC1(C)CCC(CN2CCN(C(=O)OC(C)(C)C)CC2CO)=C(c2ccc(Cl)cc2)C1. The molecule has 1 fully saturated rings. The van der Waals surface area contributed by atoms with Crippen molar-refractivity contribution in [3.8, 4) is 0 Å². The highest BCUT2D eigenvalue weighted by atomic mass is 35.5. The van der Waals surface area contributed by atoms with E-state index in [2.05, 4.69) is 30.9 Å². The zero-order chi connectivity index (χ0) is 22.8. The van der Waals surface area contributed by atoms with E-state index in [1.807, 2.05) is 32.9 Å². The van der Waals surface area contributed by atoms with Gasteiger partial charge in [-0.25, -0.2) is 4.79 Å². The molecule has 0 saturated carbocycles. The summed E-state index contributed by atoms with van der Waals surface area (Å²) in [6.07, 6.45) is 2.94. The van der Waals surface area contributed by atoms with Gasteiger partial charge in [-0.3, -0.25) is 4.90 Å². The predicted molar refractivity (Wildman–Crippen MR) is 126 cm³/mol. The van der Waals surface area contributed by atoms with Crippen molar-refractivity contribution in [1.82, 2.24) is 9.80 Å². The van der Waals surface area contributed by atoms with Gasteiger partial charge >= 0.3 is 6.09 Å². The highest BCUT2D eigenvalue weighted by Gasteiger charge is 2.34. The summed E-state index contributed by atoms with van der Waals surface area (Å²) < 4.78 is 5.53. The van der Waals surface area contributed by atoms with Crippen molar-refractivity contribution in [3.05, 3.63) is 40.4 Å². The second-order valence-electron chi connectivity index (χ2n) is 10.7. The largest absolute Gasteiger partial charge is 0.444 e. The number of hydrogen-bond donors (Lipinski definition) is 1. The molecule has 0 spiro atoms. The topological polar surface area (TPSA) is 53.0 Å². The molecule has 0 aromatic heterocycles. The molecule has 1 unspecified atom stereocenters. The number of carbonyl (C=O) groups is 1. The minimum atomic E-state index is -0.518. The van der Waals surface area contributed by atoms with Crippen molar-refractivity contribution in [3.63, 3.8) is 0 Å². The number of piperazine rings is 1. The first-order valence-electron chi connectivity index (χ1n) is 11.3. The summed E-state index contributed by atoms with van der Waals surface area (Å²) in [6, 6.07) is 8.06. The molecule has 5 nitrogen and oxygen atoms in total. The van der Waals surface area contributed by atoms with Gasteiger partial charge in [-0.1, -0.05) is 43.2 Å². The van der Waals surface area contributed by atoms with Crippen LogP contribution in [0.2, 0.25) is 5.02 Å². The zero-order valence-electron chi connectivity index (χ0n) is 19.6. The summed E-state index contributed by atoms with van der Waals surface area (Å²) in [7, 11) is 0. The fourth-order valence-electron chi connectivity index (χ4n) is 4.48. The molecule has 1 aliphatic carbocycles. The first-order chi connectivity index (χ1) is 14.5. The number of aliphatic hydroxyl groups is 1. The van der Waals surface area contributed by atoms with Crippen LogP contribution in [0.25, 0.3) is 5.57 Å². The Balaban J connectivity index is 1.77. The molecule has 172 valence electrons. The summed E-state index contributed by atoms with van der Waals surface area (Å²) >= 11 is 6.12. The summed E-state index contributed by atoms with van der Waals surface area (Å²) in [5.74, 6) is 0. The Kier molecular flexibility index (Phi) is 7.39. The standard InChI is InChI=1S/C25H37ClN2O3/c1-24(2,3)31-23(30)28-13-12-27(21(16-28)17-29)15-19-10-11-25(4,5)14-22(19)18-6-8-20(26)9-7-18/h6-9,21,29H,10-17H2,1-5H3. The molecule has 1 saturated heterocycles. The van der Waals surface area contributed by atoms with Gasteiger partial charge in [-0.2, -0.15) is 0 Å². The van der Waals surface area contributed by atoms with Crippen LogP contribution in [0.15, 0.2) is 29.8 Å². The number of carbonyl (C=O) groups excluding carboxylic acids is 1. The minimum Gasteiger partial charge on any atom is -0.444 e. The van der Waals surface area contributed by atoms with Gasteiger partial charge in [-0.15, -0.1) is 0 Å². The number of allylic oxidation sites excluding steroid dienone is 1. The van der Waals surface area contributed by atoms with Gasteiger partial charge in [0.2, 0.25) is 0 Å². The maximum Gasteiger partial charge on any atom is 0.410 e. The smallest absolute Gasteiger partial charge is 0.410 e. The van der Waals surface area contributed by atoms with E-state index in [0.29, 0.717) is 13.1 Å². The number of rotatable bonds is 4. The van der Waals surface area contributed by atoms with Gasteiger partial charge in [0, 0.05) is 31.2 Å². The number of hydrogen-bond acceptors (Lipinski definition) is 4. The molecule has 1 aromatic rings. The van der Waals surface area contributed by atoms with E-state index >= 15 is 0 Å². The lowest BCUT2D eigenvalue weighted by molar-refractivity contribution is -0.00253. The van der Waals surface area contributed by atoms with Crippen LogP contribution < -0.4 is 0 Å². The Morgan fingerprint density at radius 1 is 1.23 bits per heavy atom. The minimum absolute atomic E-state index is 0.0222. The zero-order valence-corrected chi connectivity index (χ0v) is 20.3. The van der Waals surface area contributed by atoms with Crippen LogP contribution in [0.3, 0.4) is 0 Å². The van der Waals surface area contributed by atoms with Gasteiger partial charge in [0.15, 0.2) is 0 Å². The summed E-state index contributed by atoms with van der Waals surface area (Å²) in [5.41, 5.74) is 3.82. The summed E-state index contributed by atoms with van der Waals surface area (Å²) in [6.45, 7) is 13.0. The molecular weight excluding hydrogens is 412 g/mol. The van der Waals surface area contributed by atoms with Crippen molar-refractivity contribution >= 4 is 23.3 Å². The van der Waals surface area contributed by atoms with Crippen LogP contribution in [0, 0.1) is 5.41 Å². The monoisotopic (exact) mass is 448 g/mol. The Labute approximate surface area is 192 Å². The lowest BCUT2D eigenvalue weighted by atomic mass is 9.72. The third-order valence-electron chi connectivity index (χ3n) is 6.24. The first-order valence-corrected chi connectivity index (χ1v) is 11.6. The quantitative estimate of drug-likeness (QED) is 0.686. The van der Waals surface area contributed by atoms with Crippen molar-refractivity contribution < 1.29 is 14.6 Å². The van der Waals surface area contributed by atoms with E-state index in [9.17, 15) is 9.90 Å². The Bertz CT molecular complexity index is 811. The van der Waals surface area contributed by atoms with Crippen molar-refractivity contribution in [1.29, 1.82) is 0 Å². The molecule has 3 rings (SSSR count). The third kappa shape index (κ3) is 6.47. The second kappa shape index (κ2) is 9.51. The van der Waals surface area contributed by atoms with Crippen LogP contribution in [0.1, 0.15) is 59.4 Å². The van der Waals surface area contributed by atoms with E-state index in [-0.39, 0.29) is 24.2 Å². The Morgan fingerprint density at radius 3 is 2.52 bits per heavy atom. The van der Waals surface area contributed by atoms with Crippen molar-refractivity contribution in [2.45, 2.75) is 65.5 Å². The molecule has 0 radical (unpaired) electrons. The molecule has 1 amide bonds. The van der Waals surface area contributed by atoms with E-state index in [1.54, 1.807) is 4.90 Å². The molecule has 1 atom stereocenters. The average molecular weight is 449 g/mol. The van der Waals surface area contributed by atoms with Crippen LogP contribution >= 0.6 is 11.6 Å². The number of amides is 1. The lowest BCUT2D eigenvalue weighted by Gasteiger charge is -2.42. The number of aliphatic hydroxyl groups excluding tert-OH is 1. The van der Waals surface area contributed by atoms with E-state index in [4.69, 9.17) is 16.3 Å². The van der Waals surface area contributed by atoms with E-state index < -0.39 is 5.60 Å². The van der Waals surface area contributed by atoms with Crippen LogP contribution in [0.5, 0.6) is 0 Å². The molecule has 1 N–H and O–H groups in total. The van der Waals surface area contributed by atoms with Gasteiger partial charge in [0.05, 0.1) is 12.6 Å². The molecule has 31 heavy (non-hydrogen) atoms. The summed E-state index contributed by atoms with van der Waals surface area (Å²) in [5, 5.41) is 10.8. The third-order valence-corrected chi connectivity index (χ3v) is 6.49. The van der Waals surface area contributed by atoms with Crippen LogP contribution in [0.4, 0.5) is 4.79 Å². The van der Waals surface area contributed by atoms with Crippen molar-refractivity contribution in [2.24, 2.45) is 5.41 Å². The van der Waals surface area contributed by atoms with Crippen LogP contribution in [-0.4, -0.2) is 65.4 Å². The lowest BCUT2D eigenvalue weighted by Crippen LogP contribution is -2.57. The van der Waals surface area contributed by atoms with Crippen LogP contribution in [-0.2, 0) is 4.74 Å². The molecule has 0 bridgehead atoms. The second-order valence-corrected chi connectivity index (χ2v) is 11.1. The number of halogens is 1. The highest BCUT2D eigenvalue weighted by molar-refractivity contribution is 6.30. The number of nitrogens with zero attached hydrogens (tertiary/aromatic N) is 2. The maximum atomic E-state index is 12.5. The predicted octanol–water partition coefficient (Wildman–Crippen LogP) is 5.22. The van der Waals surface area contributed by atoms with Gasteiger partial charge in [-0.05, 0) is 68.7 Å². The Hall–Kier alpha value is -1.56. The molecule has 1 aliphatic heterocycles. The number of benzene rings is 1. The molecule has 1 heterocycles. The fraction of sp³-hybridized carbons (Fsp3) is 0.640. The van der Waals surface area contributed by atoms with Crippen molar-refractivity contribution in [2.75, 3.05) is 32.8 Å². The van der Waals surface area contributed by atoms with E-state index in [1.165, 1.54) is 16.7 Å². The highest BCUT2D eigenvalue weighted by Crippen LogP contribution is 2.43. The molecular formula is C25H37ClN2O3. The molecule has 1 aromatic carbocycles. The van der Waals surface area contributed by atoms with Gasteiger partial charge in [0.1, 0.15) is 5.60 Å². The molecule has 6 heteroatoms. The average Bonchev–Trinajstić information content (AvgIpc) is 2.68.